The van der Waals surface area contributed by atoms with Crippen molar-refractivity contribution >= 4 is 24.0 Å². The minimum Gasteiger partial charge on any atom is -0.351 e. The van der Waals surface area contributed by atoms with Gasteiger partial charge in [0.2, 0.25) is 18.1 Å². The maximum absolute atomic E-state index is 15.5. The number of halogens is 1. The highest BCUT2D eigenvalue weighted by Crippen LogP contribution is 2.31. The monoisotopic (exact) mass is 541 g/mol. The smallest absolute Gasteiger partial charge is 0.243 e. The molecule has 4 rings (SSSR count). The van der Waals surface area contributed by atoms with Crippen molar-refractivity contribution in [1.82, 2.24) is 25.4 Å². The van der Waals surface area contributed by atoms with Gasteiger partial charge in [-0.1, -0.05) is 56.0 Å². The highest BCUT2D eigenvalue weighted by atomic mass is 19.1. The van der Waals surface area contributed by atoms with Crippen molar-refractivity contribution in [2.24, 2.45) is 11.8 Å². The minimum atomic E-state index is -0.606. The SMILES string of the molecule is Cc1nc(NNC(=O)[C@@H](CC2CCCC2)CN(C=O)OCc2ccccc2)c(F)c(N2CCN(C)[C@@H](C)C2)n1. The third-order valence-corrected chi connectivity index (χ3v) is 7.73. The molecule has 1 aromatic heterocycles. The second-order valence-corrected chi connectivity index (χ2v) is 10.7. The van der Waals surface area contributed by atoms with Crippen LogP contribution in [-0.4, -0.2) is 71.5 Å². The number of nitrogens with zero attached hydrogens (tertiary/aromatic N) is 5. The topological polar surface area (TPSA) is 103 Å². The van der Waals surface area contributed by atoms with E-state index in [4.69, 9.17) is 4.84 Å². The maximum Gasteiger partial charge on any atom is 0.243 e. The number of carbonyl (C=O) groups excluding carboxylic acids is 2. The van der Waals surface area contributed by atoms with Gasteiger partial charge in [0.15, 0.2) is 11.6 Å². The average molecular weight is 542 g/mol. The molecule has 0 radical (unpaired) electrons. The van der Waals surface area contributed by atoms with Crippen LogP contribution in [0.15, 0.2) is 30.3 Å². The van der Waals surface area contributed by atoms with Crippen LogP contribution in [0.2, 0.25) is 0 Å². The first-order valence-corrected chi connectivity index (χ1v) is 13.8. The van der Waals surface area contributed by atoms with Gasteiger partial charge < -0.3 is 9.80 Å². The van der Waals surface area contributed by atoms with Crippen molar-refractivity contribution in [2.45, 2.75) is 58.6 Å². The highest BCUT2D eigenvalue weighted by Gasteiger charge is 2.29. The minimum absolute atomic E-state index is 0.0791. The quantitative estimate of drug-likeness (QED) is 0.312. The molecule has 1 aliphatic carbocycles. The van der Waals surface area contributed by atoms with E-state index in [1.165, 1.54) is 5.06 Å². The van der Waals surface area contributed by atoms with Crippen LogP contribution in [0.4, 0.5) is 16.0 Å². The number of aromatic nitrogens is 2. The van der Waals surface area contributed by atoms with Gasteiger partial charge in [-0.15, -0.1) is 0 Å². The average Bonchev–Trinajstić information content (AvgIpc) is 3.46. The summed E-state index contributed by atoms with van der Waals surface area (Å²) in [6.45, 7) is 6.19. The van der Waals surface area contributed by atoms with Gasteiger partial charge in [-0.2, -0.15) is 4.39 Å². The molecule has 2 N–H and O–H groups in total. The maximum atomic E-state index is 15.5. The number of piperazine rings is 1. The third-order valence-electron chi connectivity index (χ3n) is 7.73. The zero-order valence-electron chi connectivity index (χ0n) is 23.1. The molecule has 0 bridgehead atoms. The number of aryl methyl sites for hydroxylation is 1. The fraction of sp³-hybridized carbons (Fsp3) is 0.571. The lowest BCUT2D eigenvalue weighted by Crippen LogP contribution is -2.50. The molecular formula is C28H40FN7O3. The fourth-order valence-corrected chi connectivity index (χ4v) is 5.29. The van der Waals surface area contributed by atoms with E-state index >= 15 is 4.39 Å². The number of hydrogen-bond donors (Lipinski definition) is 2. The summed E-state index contributed by atoms with van der Waals surface area (Å²) in [7, 11) is 2.05. The number of amides is 2. The van der Waals surface area contributed by atoms with E-state index in [9.17, 15) is 9.59 Å². The first-order valence-electron chi connectivity index (χ1n) is 13.8. The predicted octanol–water partition coefficient (Wildman–Crippen LogP) is 3.29. The van der Waals surface area contributed by atoms with Gasteiger partial charge in [-0.25, -0.2) is 15.0 Å². The van der Waals surface area contributed by atoms with E-state index in [0.29, 0.717) is 37.7 Å². The molecule has 1 aromatic carbocycles. The molecule has 39 heavy (non-hydrogen) atoms. The van der Waals surface area contributed by atoms with Gasteiger partial charge in [0, 0.05) is 25.7 Å². The van der Waals surface area contributed by atoms with E-state index in [1.807, 2.05) is 42.3 Å². The molecule has 2 aromatic rings. The molecule has 212 valence electrons. The number of benzene rings is 1. The van der Waals surface area contributed by atoms with Gasteiger partial charge in [0.1, 0.15) is 12.4 Å². The van der Waals surface area contributed by atoms with Crippen LogP contribution in [0, 0.1) is 24.6 Å². The van der Waals surface area contributed by atoms with Crippen molar-refractivity contribution in [3.8, 4) is 0 Å². The summed E-state index contributed by atoms with van der Waals surface area (Å²) in [6.07, 6.45) is 5.59. The summed E-state index contributed by atoms with van der Waals surface area (Å²) in [4.78, 5) is 43.5. The molecule has 10 nitrogen and oxygen atoms in total. The normalized spacial score (nSPS) is 19.1. The number of hydrazine groups is 1. The molecule has 1 saturated heterocycles. The van der Waals surface area contributed by atoms with E-state index in [1.54, 1.807) is 6.92 Å². The van der Waals surface area contributed by atoms with Crippen LogP contribution >= 0.6 is 0 Å². The summed E-state index contributed by atoms with van der Waals surface area (Å²) >= 11 is 0. The lowest BCUT2D eigenvalue weighted by Gasteiger charge is -2.38. The van der Waals surface area contributed by atoms with Crippen LogP contribution < -0.4 is 15.8 Å². The third kappa shape index (κ3) is 7.86. The van der Waals surface area contributed by atoms with Crippen LogP contribution in [0.3, 0.4) is 0 Å². The molecule has 1 aliphatic heterocycles. The number of carbonyl (C=O) groups is 2. The number of nitrogens with one attached hydrogen (secondary N) is 2. The number of rotatable bonds is 12. The van der Waals surface area contributed by atoms with Gasteiger partial charge in [-0.05, 0) is 38.8 Å². The molecule has 2 fully saturated rings. The van der Waals surface area contributed by atoms with E-state index < -0.39 is 11.7 Å². The van der Waals surface area contributed by atoms with E-state index in [2.05, 4.69) is 32.6 Å². The van der Waals surface area contributed by atoms with Crippen molar-refractivity contribution in [3.05, 3.63) is 47.5 Å². The Morgan fingerprint density at radius 2 is 1.97 bits per heavy atom. The van der Waals surface area contributed by atoms with Crippen molar-refractivity contribution in [2.75, 3.05) is 43.6 Å². The van der Waals surface area contributed by atoms with Crippen LogP contribution in [-0.2, 0) is 21.0 Å². The van der Waals surface area contributed by atoms with Crippen molar-refractivity contribution in [1.29, 1.82) is 0 Å². The zero-order chi connectivity index (χ0) is 27.8. The Hall–Kier alpha value is -3.31. The number of hydrogen-bond acceptors (Lipinski definition) is 8. The molecule has 2 atom stereocenters. The number of anilines is 2. The second-order valence-electron chi connectivity index (χ2n) is 10.7. The van der Waals surface area contributed by atoms with E-state index in [-0.39, 0.29) is 36.7 Å². The van der Waals surface area contributed by atoms with Crippen LogP contribution in [0.5, 0.6) is 0 Å². The Balaban J connectivity index is 1.42. The summed E-state index contributed by atoms with van der Waals surface area (Å²) in [6, 6.07) is 9.78. The van der Waals surface area contributed by atoms with Gasteiger partial charge in [-0.3, -0.25) is 25.3 Å². The zero-order valence-corrected chi connectivity index (χ0v) is 23.1. The van der Waals surface area contributed by atoms with Crippen LogP contribution in [0.25, 0.3) is 0 Å². The first kappa shape index (κ1) is 28.7. The Morgan fingerprint density at radius 1 is 1.23 bits per heavy atom. The summed E-state index contributed by atoms with van der Waals surface area (Å²) in [5.74, 6) is -0.544. The molecule has 0 spiro atoms. The Kier molecular flexibility index (Phi) is 10.0. The Bertz CT molecular complexity index is 1100. The Morgan fingerprint density at radius 3 is 2.67 bits per heavy atom. The second kappa shape index (κ2) is 13.7. The highest BCUT2D eigenvalue weighted by molar-refractivity contribution is 5.80. The van der Waals surface area contributed by atoms with Gasteiger partial charge in [0.25, 0.3) is 0 Å². The van der Waals surface area contributed by atoms with Crippen LogP contribution in [0.1, 0.15) is 50.4 Å². The number of likely N-dealkylation sites (N-methyl/N-ethyl adjacent to an activating group) is 1. The molecule has 2 heterocycles. The summed E-state index contributed by atoms with van der Waals surface area (Å²) in [5.41, 5.74) is 6.26. The predicted molar refractivity (Wildman–Crippen MR) is 147 cm³/mol. The molecule has 1 saturated carbocycles. The Labute approximate surface area is 229 Å². The van der Waals surface area contributed by atoms with Gasteiger partial charge >= 0.3 is 0 Å². The number of hydroxylamine groups is 2. The lowest BCUT2D eigenvalue weighted by atomic mass is 9.92. The summed E-state index contributed by atoms with van der Waals surface area (Å²) in [5, 5.41) is 1.17. The largest absolute Gasteiger partial charge is 0.351 e. The molecule has 2 aliphatic rings. The fourth-order valence-electron chi connectivity index (χ4n) is 5.29. The lowest BCUT2D eigenvalue weighted by molar-refractivity contribution is -0.182. The molecule has 2 amide bonds. The van der Waals surface area contributed by atoms with Gasteiger partial charge in [0.05, 0.1) is 12.5 Å². The van der Waals surface area contributed by atoms with Crippen molar-refractivity contribution in [3.63, 3.8) is 0 Å². The van der Waals surface area contributed by atoms with E-state index in [0.717, 1.165) is 37.8 Å². The molecular weight excluding hydrogens is 501 g/mol. The summed E-state index contributed by atoms with van der Waals surface area (Å²) < 4.78 is 15.5. The molecule has 11 heteroatoms. The van der Waals surface area contributed by atoms with Crippen molar-refractivity contribution < 1.29 is 18.8 Å². The first-order chi connectivity index (χ1) is 18.8. The standard InChI is InChI=1S/C28H40FN7O3/c1-20-16-35(14-13-34(20)3)27-25(29)26(30-21(2)31-27)32-33-28(38)24(15-22-9-7-8-10-22)17-36(19-37)39-18-23-11-5-4-6-12-23/h4-6,11-12,19-20,22,24H,7-10,13-18H2,1-3H3,(H,33,38)(H,30,31,32)/t20-,24-/m0/s1. The molecule has 0 unspecified atom stereocenters.